The fraction of sp³-hybridized carbons (Fsp3) is 0.267. The predicted molar refractivity (Wildman–Crippen MR) is 89.7 cm³/mol. The Labute approximate surface area is 137 Å². The number of thiophene rings is 1. The maximum atomic E-state index is 11.5. The Balaban J connectivity index is 2.03. The zero-order valence-corrected chi connectivity index (χ0v) is 14.2. The molecule has 1 heterocycles. The number of carbonyl (C=O) groups excluding carboxylic acids is 1. The lowest BCUT2D eigenvalue weighted by Gasteiger charge is -2.18. The van der Waals surface area contributed by atoms with Crippen LogP contribution in [0.1, 0.15) is 16.0 Å². The van der Waals surface area contributed by atoms with E-state index in [0.29, 0.717) is 6.42 Å². The van der Waals surface area contributed by atoms with Crippen LogP contribution in [0.5, 0.6) is 0 Å². The van der Waals surface area contributed by atoms with Gasteiger partial charge in [0, 0.05) is 27.8 Å². The van der Waals surface area contributed by atoms with Crippen LogP contribution in [0.25, 0.3) is 0 Å². The standard InChI is InChI=1S/C15H18BrN3OS/c1-19(9-14-7-13(16)10-21-14)8-12-5-3-2-4-11(12)6-15(20)18-17/h2-5,7,10H,6,8-9,17H2,1H3,(H,18,20). The number of hydrazine groups is 1. The van der Waals surface area contributed by atoms with Gasteiger partial charge in [-0.15, -0.1) is 11.3 Å². The maximum absolute atomic E-state index is 11.5. The SMILES string of the molecule is CN(Cc1cc(Br)cs1)Cc1ccccc1CC(=O)NN. The average molecular weight is 368 g/mol. The summed E-state index contributed by atoms with van der Waals surface area (Å²) in [5.41, 5.74) is 4.35. The van der Waals surface area contributed by atoms with E-state index < -0.39 is 0 Å². The monoisotopic (exact) mass is 367 g/mol. The summed E-state index contributed by atoms with van der Waals surface area (Å²) in [6.45, 7) is 1.68. The van der Waals surface area contributed by atoms with Crippen molar-refractivity contribution in [1.29, 1.82) is 0 Å². The lowest BCUT2D eigenvalue weighted by atomic mass is 10.0. The Bertz CT molecular complexity index is 614. The Hall–Kier alpha value is -1.21. The van der Waals surface area contributed by atoms with Gasteiger partial charge in [0.25, 0.3) is 0 Å². The molecule has 1 aromatic carbocycles. The molecule has 0 saturated carbocycles. The lowest BCUT2D eigenvalue weighted by molar-refractivity contribution is -0.120. The highest BCUT2D eigenvalue weighted by atomic mass is 79.9. The van der Waals surface area contributed by atoms with Gasteiger partial charge in [-0.05, 0) is 40.2 Å². The number of nitrogens with zero attached hydrogens (tertiary/aromatic N) is 1. The van der Waals surface area contributed by atoms with Crippen LogP contribution in [0.15, 0.2) is 40.2 Å². The van der Waals surface area contributed by atoms with E-state index in [9.17, 15) is 4.79 Å². The van der Waals surface area contributed by atoms with E-state index in [2.05, 4.69) is 50.8 Å². The molecule has 1 aromatic heterocycles. The van der Waals surface area contributed by atoms with Crippen LogP contribution < -0.4 is 11.3 Å². The molecule has 0 saturated heterocycles. The van der Waals surface area contributed by atoms with Crippen LogP contribution in [0.2, 0.25) is 0 Å². The number of hydrogen-bond acceptors (Lipinski definition) is 4. The normalized spacial score (nSPS) is 10.9. The van der Waals surface area contributed by atoms with Crippen molar-refractivity contribution in [1.82, 2.24) is 10.3 Å². The topological polar surface area (TPSA) is 58.4 Å². The van der Waals surface area contributed by atoms with Crippen LogP contribution >= 0.6 is 27.3 Å². The van der Waals surface area contributed by atoms with E-state index in [1.807, 2.05) is 18.2 Å². The first-order valence-electron chi connectivity index (χ1n) is 6.56. The van der Waals surface area contributed by atoms with Crippen molar-refractivity contribution in [3.8, 4) is 0 Å². The van der Waals surface area contributed by atoms with E-state index in [-0.39, 0.29) is 5.91 Å². The molecule has 4 nitrogen and oxygen atoms in total. The molecule has 1 amide bonds. The van der Waals surface area contributed by atoms with Crippen LogP contribution in [-0.4, -0.2) is 17.9 Å². The first-order valence-corrected chi connectivity index (χ1v) is 8.23. The molecule has 0 bridgehead atoms. The first-order chi connectivity index (χ1) is 10.1. The third-order valence-electron chi connectivity index (χ3n) is 3.12. The van der Waals surface area contributed by atoms with Crippen molar-refractivity contribution >= 4 is 33.2 Å². The number of benzene rings is 1. The van der Waals surface area contributed by atoms with Gasteiger partial charge in [0.05, 0.1) is 6.42 Å². The first kappa shape index (κ1) is 16.2. The molecular weight excluding hydrogens is 350 g/mol. The number of hydrogen-bond donors (Lipinski definition) is 2. The second kappa shape index (κ2) is 7.70. The van der Waals surface area contributed by atoms with E-state index in [0.717, 1.165) is 28.7 Å². The lowest BCUT2D eigenvalue weighted by Crippen LogP contribution is -2.31. The second-order valence-corrected chi connectivity index (χ2v) is 6.83. The van der Waals surface area contributed by atoms with Gasteiger partial charge >= 0.3 is 0 Å². The summed E-state index contributed by atoms with van der Waals surface area (Å²) in [7, 11) is 2.08. The van der Waals surface area contributed by atoms with Crippen molar-refractivity contribution in [2.24, 2.45) is 5.84 Å². The molecule has 6 heteroatoms. The molecule has 0 radical (unpaired) electrons. The molecular formula is C15H18BrN3OS. The summed E-state index contributed by atoms with van der Waals surface area (Å²) >= 11 is 5.21. The summed E-state index contributed by atoms with van der Waals surface area (Å²) in [4.78, 5) is 15.0. The van der Waals surface area contributed by atoms with Gasteiger partial charge in [0.2, 0.25) is 5.91 Å². The minimum Gasteiger partial charge on any atom is -0.297 e. The van der Waals surface area contributed by atoms with Crippen molar-refractivity contribution in [3.63, 3.8) is 0 Å². The van der Waals surface area contributed by atoms with Crippen molar-refractivity contribution in [2.45, 2.75) is 19.5 Å². The van der Waals surface area contributed by atoms with Gasteiger partial charge in [-0.3, -0.25) is 15.1 Å². The molecule has 0 fully saturated rings. The van der Waals surface area contributed by atoms with Crippen molar-refractivity contribution in [3.05, 3.63) is 56.2 Å². The summed E-state index contributed by atoms with van der Waals surface area (Å²) < 4.78 is 1.12. The molecule has 2 rings (SSSR count). The second-order valence-electron chi connectivity index (χ2n) is 4.92. The van der Waals surface area contributed by atoms with E-state index in [4.69, 9.17) is 5.84 Å². The molecule has 3 N–H and O–H groups in total. The van der Waals surface area contributed by atoms with Gasteiger partial charge in [0.15, 0.2) is 0 Å². The largest absolute Gasteiger partial charge is 0.297 e. The summed E-state index contributed by atoms with van der Waals surface area (Å²) in [5, 5.41) is 2.09. The summed E-state index contributed by atoms with van der Waals surface area (Å²) in [6, 6.07) is 10.1. The molecule has 0 unspecified atom stereocenters. The van der Waals surface area contributed by atoms with E-state index in [1.165, 1.54) is 4.88 Å². The summed E-state index contributed by atoms with van der Waals surface area (Å²) in [6.07, 6.45) is 0.311. The van der Waals surface area contributed by atoms with Gasteiger partial charge in [-0.1, -0.05) is 24.3 Å². The number of nitrogens with one attached hydrogen (secondary N) is 1. The Morgan fingerprint density at radius 3 is 2.67 bits per heavy atom. The third kappa shape index (κ3) is 4.93. The van der Waals surface area contributed by atoms with Gasteiger partial charge in [-0.2, -0.15) is 0 Å². The Kier molecular flexibility index (Phi) is 5.93. The fourth-order valence-corrected chi connectivity index (χ4v) is 3.69. The minimum absolute atomic E-state index is 0.174. The Morgan fingerprint density at radius 1 is 1.33 bits per heavy atom. The van der Waals surface area contributed by atoms with Crippen molar-refractivity contribution < 1.29 is 4.79 Å². The molecule has 0 spiro atoms. The van der Waals surface area contributed by atoms with Gasteiger partial charge in [0.1, 0.15) is 0 Å². The van der Waals surface area contributed by atoms with E-state index in [1.54, 1.807) is 11.3 Å². The quantitative estimate of drug-likeness (QED) is 0.468. The number of carbonyl (C=O) groups is 1. The highest BCUT2D eigenvalue weighted by Crippen LogP contribution is 2.21. The van der Waals surface area contributed by atoms with E-state index >= 15 is 0 Å². The summed E-state index contributed by atoms with van der Waals surface area (Å²) in [5.74, 6) is 4.99. The average Bonchev–Trinajstić information content (AvgIpc) is 2.86. The predicted octanol–water partition coefficient (Wildman–Crippen LogP) is 2.67. The molecule has 21 heavy (non-hydrogen) atoms. The maximum Gasteiger partial charge on any atom is 0.238 e. The van der Waals surface area contributed by atoms with Crippen LogP contribution in [0.3, 0.4) is 0 Å². The van der Waals surface area contributed by atoms with Gasteiger partial charge in [-0.25, -0.2) is 5.84 Å². The smallest absolute Gasteiger partial charge is 0.238 e. The molecule has 0 aliphatic carbocycles. The fourth-order valence-electron chi connectivity index (χ4n) is 2.16. The molecule has 0 aliphatic rings. The molecule has 0 aliphatic heterocycles. The molecule has 112 valence electrons. The van der Waals surface area contributed by atoms with Crippen LogP contribution in [0.4, 0.5) is 0 Å². The highest BCUT2D eigenvalue weighted by molar-refractivity contribution is 9.10. The number of amides is 1. The third-order valence-corrected chi connectivity index (χ3v) is 4.80. The zero-order valence-electron chi connectivity index (χ0n) is 11.8. The highest BCUT2D eigenvalue weighted by Gasteiger charge is 2.09. The van der Waals surface area contributed by atoms with Gasteiger partial charge < -0.3 is 0 Å². The Morgan fingerprint density at radius 2 is 2.05 bits per heavy atom. The van der Waals surface area contributed by atoms with Crippen LogP contribution in [-0.2, 0) is 24.3 Å². The van der Waals surface area contributed by atoms with Crippen molar-refractivity contribution in [2.75, 3.05) is 7.05 Å². The number of rotatable bonds is 6. The van der Waals surface area contributed by atoms with Crippen LogP contribution in [0, 0.1) is 0 Å². The zero-order chi connectivity index (χ0) is 15.2. The minimum atomic E-state index is -0.174. The number of halogens is 1. The molecule has 0 atom stereocenters. The molecule has 2 aromatic rings. The number of nitrogens with two attached hydrogens (primary N) is 1.